The summed E-state index contributed by atoms with van der Waals surface area (Å²) in [7, 11) is 1.78. The number of rotatable bonds is 8. The molecular weight excluding hydrogens is 348 g/mol. The molecule has 1 rings (SSSR count). The van der Waals surface area contributed by atoms with Gasteiger partial charge in [-0.05, 0) is 30.9 Å². The second kappa shape index (κ2) is 9.46. The van der Waals surface area contributed by atoms with Crippen LogP contribution in [0.5, 0.6) is 0 Å². The van der Waals surface area contributed by atoms with Gasteiger partial charge in [0.1, 0.15) is 0 Å². The van der Waals surface area contributed by atoms with Gasteiger partial charge in [-0.1, -0.05) is 41.1 Å². The zero-order chi connectivity index (χ0) is 16.5. The Morgan fingerprint density at radius 3 is 2.64 bits per heavy atom. The van der Waals surface area contributed by atoms with Gasteiger partial charge in [0.15, 0.2) is 0 Å². The number of hydrogen-bond acceptors (Lipinski definition) is 2. The molecule has 22 heavy (non-hydrogen) atoms. The summed E-state index contributed by atoms with van der Waals surface area (Å²) < 4.78 is 1.05. The molecule has 2 N–H and O–H groups in total. The van der Waals surface area contributed by atoms with Crippen molar-refractivity contribution in [3.05, 3.63) is 34.3 Å². The molecule has 0 aliphatic carbocycles. The van der Waals surface area contributed by atoms with Crippen molar-refractivity contribution in [1.82, 2.24) is 10.2 Å². The van der Waals surface area contributed by atoms with E-state index in [0.29, 0.717) is 13.0 Å². The quantitative estimate of drug-likeness (QED) is 0.689. The van der Waals surface area contributed by atoms with E-state index < -0.39 is 5.97 Å². The summed E-state index contributed by atoms with van der Waals surface area (Å²) in [5.41, 5.74) is 1.17. The maximum atomic E-state index is 12.1. The van der Waals surface area contributed by atoms with E-state index in [1.54, 1.807) is 11.9 Å². The van der Waals surface area contributed by atoms with Crippen molar-refractivity contribution in [3.8, 4) is 0 Å². The van der Waals surface area contributed by atoms with Gasteiger partial charge < -0.3 is 15.3 Å². The maximum absolute atomic E-state index is 12.1. The van der Waals surface area contributed by atoms with Crippen LogP contribution in [0, 0.1) is 0 Å². The standard InChI is InChI=1S/C16H23BrN2O3/c1-3-13(11-12-7-4-5-8-14(12)17)19(2)16(22)18-10-6-9-15(20)21/h4-5,7-8,13H,3,6,9-11H2,1-2H3,(H,18,22)(H,20,21). The van der Waals surface area contributed by atoms with Crippen LogP contribution in [0.4, 0.5) is 4.79 Å². The molecule has 122 valence electrons. The molecular formula is C16H23BrN2O3. The highest BCUT2D eigenvalue weighted by atomic mass is 79.9. The van der Waals surface area contributed by atoms with E-state index in [9.17, 15) is 9.59 Å². The Hall–Kier alpha value is -1.56. The highest BCUT2D eigenvalue weighted by Gasteiger charge is 2.19. The van der Waals surface area contributed by atoms with Crippen LogP contribution in [-0.4, -0.2) is 41.6 Å². The molecule has 0 heterocycles. The van der Waals surface area contributed by atoms with E-state index in [0.717, 1.165) is 17.3 Å². The van der Waals surface area contributed by atoms with E-state index in [2.05, 4.69) is 28.2 Å². The molecule has 1 aromatic rings. The van der Waals surface area contributed by atoms with Crippen LogP contribution >= 0.6 is 15.9 Å². The fourth-order valence-electron chi connectivity index (χ4n) is 2.20. The molecule has 0 spiro atoms. The monoisotopic (exact) mass is 370 g/mol. The van der Waals surface area contributed by atoms with Crippen molar-refractivity contribution >= 4 is 27.9 Å². The third-order valence-electron chi connectivity index (χ3n) is 3.60. The van der Waals surface area contributed by atoms with Crippen LogP contribution in [0.2, 0.25) is 0 Å². The van der Waals surface area contributed by atoms with Crippen molar-refractivity contribution in [2.45, 2.75) is 38.6 Å². The number of aliphatic carboxylic acids is 1. The Balaban J connectivity index is 2.53. The first-order valence-corrected chi connectivity index (χ1v) is 8.20. The van der Waals surface area contributed by atoms with Gasteiger partial charge in [0.2, 0.25) is 0 Å². The number of carbonyl (C=O) groups is 2. The van der Waals surface area contributed by atoms with E-state index in [1.807, 2.05) is 24.3 Å². The molecule has 1 atom stereocenters. The molecule has 0 saturated heterocycles. The maximum Gasteiger partial charge on any atom is 0.317 e. The summed E-state index contributed by atoms with van der Waals surface area (Å²) in [6, 6.07) is 7.92. The number of carboxylic acid groups (broad SMARTS) is 1. The van der Waals surface area contributed by atoms with Crippen molar-refractivity contribution in [2.75, 3.05) is 13.6 Å². The smallest absolute Gasteiger partial charge is 0.317 e. The average molecular weight is 371 g/mol. The van der Waals surface area contributed by atoms with Crippen LogP contribution in [0.25, 0.3) is 0 Å². The molecule has 5 nitrogen and oxygen atoms in total. The molecule has 1 aromatic carbocycles. The molecule has 1 unspecified atom stereocenters. The normalized spacial score (nSPS) is 11.8. The first-order valence-electron chi connectivity index (χ1n) is 7.41. The number of carboxylic acids is 1. The number of amides is 2. The third kappa shape index (κ3) is 6.05. The van der Waals surface area contributed by atoms with E-state index in [-0.39, 0.29) is 18.5 Å². The highest BCUT2D eigenvalue weighted by Crippen LogP contribution is 2.20. The number of urea groups is 1. The minimum absolute atomic E-state index is 0.0676. The Bertz CT molecular complexity index is 508. The van der Waals surface area contributed by atoms with Crippen LogP contribution in [0.1, 0.15) is 31.7 Å². The largest absolute Gasteiger partial charge is 0.481 e. The SMILES string of the molecule is CCC(Cc1ccccc1Br)N(C)C(=O)NCCCC(=O)O. The summed E-state index contributed by atoms with van der Waals surface area (Å²) >= 11 is 3.53. The van der Waals surface area contributed by atoms with Gasteiger partial charge in [-0.25, -0.2) is 4.79 Å². The van der Waals surface area contributed by atoms with Crippen LogP contribution in [0.3, 0.4) is 0 Å². The van der Waals surface area contributed by atoms with Gasteiger partial charge >= 0.3 is 12.0 Å². The molecule has 0 fully saturated rings. The Labute approximate surface area is 139 Å². The number of hydrogen-bond donors (Lipinski definition) is 2. The topological polar surface area (TPSA) is 69.6 Å². The zero-order valence-electron chi connectivity index (χ0n) is 13.0. The van der Waals surface area contributed by atoms with Gasteiger partial charge in [0, 0.05) is 30.5 Å². The van der Waals surface area contributed by atoms with Gasteiger partial charge in [-0.3, -0.25) is 4.79 Å². The number of carbonyl (C=O) groups excluding carboxylic acids is 1. The Morgan fingerprint density at radius 2 is 2.05 bits per heavy atom. The lowest BCUT2D eigenvalue weighted by Gasteiger charge is -2.28. The van der Waals surface area contributed by atoms with Crippen molar-refractivity contribution < 1.29 is 14.7 Å². The summed E-state index contributed by atoms with van der Waals surface area (Å²) in [6.07, 6.45) is 2.13. The minimum atomic E-state index is -0.844. The lowest BCUT2D eigenvalue weighted by atomic mass is 10.0. The fraction of sp³-hybridized carbons (Fsp3) is 0.500. The first-order chi connectivity index (χ1) is 10.5. The van der Waals surface area contributed by atoms with Crippen molar-refractivity contribution in [1.29, 1.82) is 0 Å². The third-order valence-corrected chi connectivity index (χ3v) is 4.37. The average Bonchev–Trinajstić information content (AvgIpc) is 2.49. The first kappa shape index (κ1) is 18.5. The minimum Gasteiger partial charge on any atom is -0.481 e. The van der Waals surface area contributed by atoms with Gasteiger partial charge in [-0.2, -0.15) is 0 Å². The fourth-order valence-corrected chi connectivity index (χ4v) is 2.65. The number of benzene rings is 1. The van der Waals surface area contributed by atoms with Crippen molar-refractivity contribution in [3.63, 3.8) is 0 Å². The number of nitrogens with zero attached hydrogens (tertiary/aromatic N) is 1. The summed E-state index contributed by atoms with van der Waals surface area (Å²) in [6.45, 7) is 2.43. The molecule has 0 aliphatic heterocycles. The Morgan fingerprint density at radius 1 is 1.36 bits per heavy atom. The molecule has 0 bridgehead atoms. The lowest BCUT2D eigenvalue weighted by Crippen LogP contribution is -2.44. The molecule has 0 aliphatic rings. The molecule has 0 saturated carbocycles. The van der Waals surface area contributed by atoms with Gasteiger partial charge in [0.05, 0.1) is 0 Å². The summed E-state index contributed by atoms with van der Waals surface area (Å²) in [5, 5.41) is 11.3. The van der Waals surface area contributed by atoms with Crippen LogP contribution in [0.15, 0.2) is 28.7 Å². The number of likely N-dealkylation sites (N-methyl/N-ethyl adjacent to an activating group) is 1. The predicted octanol–water partition coefficient (Wildman–Crippen LogP) is 3.28. The number of halogens is 1. The van der Waals surface area contributed by atoms with Crippen LogP contribution < -0.4 is 5.32 Å². The van der Waals surface area contributed by atoms with Gasteiger partial charge in [-0.15, -0.1) is 0 Å². The number of nitrogens with one attached hydrogen (secondary N) is 1. The zero-order valence-corrected chi connectivity index (χ0v) is 14.6. The van der Waals surface area contributed by atoms with Gasteiger partial charge in [0.25, 0.3) is 0 Å². The van der Waals surface area contributed by atoms with Crippen LogP contribution in [-0.2, 0) is 11.2 Å². The predicted molar refractivity (Wildman–Crippen MR) is 90.0 cm³/mol. The van der Waals surface area contributed by atoms with Crippen molar-refractivity contribution in [2.24, 2.45) is 0 Å². The Kier molecular flexibility index (Phi) is 7.95. The molecule has 0 radical (unpaired) electrons. The highest BCUT2D eigenvalue weighted by molar-refractivity contribution is 9.10. The molecule has 6 heteroatoms. The summed E-state index contributed by atoms with van der Waals surface area (Å²) in [4.78, 5) is 24.3. The lowest BCUT2D eigenvalue weighted by molar-refractivity contribution is -0.137. The second-order valence-corrected chi connectivity index (χ2v) is 6.05. The molecule has 2 amide bonds. The van der Waals surface area contributed by atoms with E-state index >= 15 is 0 Å². The summed E-state index contributed by atoms with van der Waals surface area (Å²) in [5.74, 6) is -0.844. The van der Waals surface area contributed by atoms with E-state index in [4.69, 9.17) is 5.11 Å². The molecule has 0 aromatic heterocycles. The second-order valence-electron chi connectivity index (χ2n) is 5.20. The van der Waals surface area contributed by atoms with E-state index in [1.165, 1.54) is 5.56 Å².